The highest BCUT2D eigenvalue weighted by atomic mass is 127. The fourth-order valence-corrected chi connectivity index (χ4v) is 3.15. The number of anilines is 1. The van der Waals surface area contributed by atoms with Crippen LogP contribution in [0.15, 0.2) is 24.3 Å². The number of barbiturate groups is 1. The summed E-state index contributed by atoms with van der Waals surface area (Å²) in [5.41, 5.74) is 0.381. The first-order valence-electron chi connectivity index (χ1n) is 7.35. The number of ketones is 1. The molecule has 1 aliphatic heterocycles. The van der Waals surface area contributed by atoms with Gasteiger partial charge in [0, 0.05) is 10.1 Å². The Morgan fingerprint density at radius 3 is 2.48 bits per heavy atom. The molecule has 7 heteroatoms. The van der Waals surface area contributed by atoms with Crippen LogP contribution in [0.2, 0.25) is 0 Å². The second kappa shape index (κ2) is 6.03. The normalized spacial score (nSPS) is 21.8. The lowest BCUT2D eigenvalue weighted by molar-refractivity contribution is -0.145. The van der Waals surface area contributed by atoms with Crippen LogP contribution in [0.5, 0.6) is 0 Å². The molecule has 0 radical (unpaired) electrons. The van der Waals surface area contributed by atoms with Gasteiger partial charge >= 0.3 is 6.03 Å². The Hall–Kier alpha value is -1.77. The molecule has 1 aromatic carbocycles. The second-order valence-corrected chi connectivity index (χ2v) is 7.12. The van der Waals surface area contributed by atoms with Crippen molar-refractivity contribution in [2.45, 2.75) is 19.8 Å². The zero-order valence-corrected chi connectivity index (χ0v) is 14.6. The van der Waals surface area contributed by atoms with Crippen LogP contribution in [0, 0.1) is 15.4 Å². The predicted molar refractivity (Wildman–Crippen MR) is 90.6 cm³/mol. The molecule has 0 bridgehead atoms. The van der Waals surface area contributed by atoms with Crippen LogP contribution in [0.4, 0.5) is 10.5 Å². The second-order valence-electron chi connectivity index (χ2n) is 5.87. The highest BCUT2D eigenvalue weighted by Gasteiger charge is 2.49. The Labute approximate surface area is 146 Å². The van der Waals surface area contributed by atoms with E-state index in [0.717, 1.165) is 26.2 Å². The van der Waals surface area contributed by atoms with Crippen molar-refractivity contribution in [3.8, 4) is 0 Å². The maximum atomic E-state index is 12.7. The monoisotopic (exact) mass is 426 g/mol. The number of halogens is 1. The van der Waals surface area contributed by atoms with Gasteiger partial charge in [-0.15, -0.1) is 0 Å². The fourth-order valence-electron chi connectivity index (χ4n) is 2.63. The van der Waals surface area contributed by atoms with Crippen molar-refractivity contribution in [1.82, 2.24) is 4.90 Å². The predicted octanol–water partition coefficient (Wildman–Crippen LogP) is 2.20. The molecule has 4 amide bonds. The summed E-state index contributed by atoms with van der Waals surface area (Å²) in [5.74, 6) is -3.14. The Kier molecular flexibility index (Phi) is 4.22. The van der Waals surface area contributed by atoms with Gasteiger partial charge in [-0.25, -0.2) is 9.69 Å². The minimum Gasteiger partial charge on any atom is -0.299 e. The van der Waals surface area contributed by atoms with Crippen LogP contribution < -0.4 is 4.90 Å². The van der Waals surface area contributed by atoms with Crippen molar-refractivity contribution < 1.29 is 19.2 Å². The molecule has 1 saturated carbocycles. The van der Waals surface area contributed by atoms with E-state index < -0.39 is 29.5 Å². The lowest BCUT2D eigenvalue weighted by Crippen LogP contribution is -2.62. The van der Waals surface area contributed by atoms with Gasteiger partial charge in [0.25, 0.3) is 11.8 Å². The van der Waals surface area contributed by atoms with Gasteiger partial charge in [-0.3, -0.25) is 19.3 Å². The Morgan fingerprint density at radius 1 is 1.22 bits per heavy atom. The molecule has 0 spiro atoms. The average Bonchev–Trinajstić information content (AvgIpc) is 3.27. The number of amides is 4. The minimum absolute atomic E-state index is 0.273. The van der Waals surface area contributed by atoms with Gasteiger partial charge in [0.15, 0.2) is 11.7 Å². The molecule has 1 saturated heterocycles. The summed E-state index contributed by atoms with van der Waals surface area (Å²) in [7, 11) is 0. The van der Waals surface area contributed by atoms with Crippen LogP contribution in [0.25, 0.3) is 0 Å². The highest BCUT2D eigenvalue weighted by molar-refractivity contribution is 14.1. The molecule has 23 heavy (non-hydrogen) atoms. The standard InChI is InChI=1S/C16H15IN2O4/c1-9(20)13-14(21)18(8-10-5-6-10)16(23)19(15(13)22)12-4-2-3-11(17)7-12/h2-4,7,10,13H,5-6,8H2,1H3. The third kappa shape index (κ3) is 3.01. The first kappa shape index (κ1) is 16.1. The largest absolute Gasteiger partial charge is 0.338 e. The molecule has 120 valence electrons. The maximum Gasteiger partial charge on any atom is 0.338 e. The molecule has 1 aliphatic carbocycles. The summed E-state index contributed by atoms with van der Waals surface area (Å²) >= 11 is 2.08. The zero-order chi connectivity index (χ0) is 16.7. The molecular formula is C16H15IN2O4. The van der Waals surface area contributed by atoms with Gasteiger partial charge < -0.3 is 0 Å². The summed E-state index contributed by atoms with van der Waals surface area (Å²) < 4.78 is 0.853. The Morgan fingerprint density at radius 2 is 1.91 bits per heavy atom. The van der Waals surface area contributed by atoms with Crippen molar-refractivity contribution in [2.24, 2.45) is 11.8 Å². The molecule has 1 aromatic rings. The van der Waals surface area contributed by atoms with E-state index in [-0.39, 0.29) is 12.5 Å². The smallest absolute Gasteiger partial charge is 0.299 e. The number of hydrogen-bond donors (Lipinski definition) is 0. The number of rotatable bonds is 4. The van der Waals surface area contributed by atoms with E-state index in [1.165, 1.54) is 6.92 Å². The van der Waals surface area contributed by atoms with E-state index in [9.17, 15) is 19.2 Å². The molecular weight excluding hydrogens is 411 g/mol. The molecule has 1 unspecified atom stereocenters. The third-order valence-electron chi connectivity index (χ3n) is 4.01. The number of hydrogen-bond acceptors (Lipinski definition) is 4. The zero-order valence-electron chi connectivity index (χ0n) is 12.5. The number of nitrogens with zero attached hydrogens (tertiary/aromatic N) is 2. The van der Waals surface area contributed by atoms with E-state index in [2.05, 4.69) is 22.6 Å². The highest BCUT2D eigenvalue weighted by Crippen LogP contribution is 2.33. The van der Waals surface area contributed by atoms with E-state index >= 15 is 0 Å². The van der Waals surface area contributed by atoms with Crippen molar-refractivity contribution in [1.29, 1.82) is 0 Å². The van der Waals surface area contributed by atoms with Gasteiger partial charge in [0.05, 0.1) is 5.69 Å². The van der Waals surface area contributed by atoms with Gasteiger partial charge in [-0.05, 0) is 66.5 Å². The summed E-state index contributed by atoms with van der Waals surface area (Å²) in [6.45, 7) is 1.48. The van der Waals surface area contributed by atoms with Crippen LogP contribution in [-0.4, -0.2) is 35.1 Å². The van der Waals surface area contributed by atoms with E-state index in [4.69, 9.17) is 0 Å². The van der Waals surface area contributed by atoms with Gasteiger partial charge in [0.1, 0.15) is 0 Å². The number of Topliss-reactive ketones (excluding diaryl/α,β-unsaturated/α-hetero) is 1. The van der Waals surface area contributed by atoms with E-state index in [0.29, 0.717) is 5.69 Å². The Balaban J connectivity index is 2.02. The van der Waals surface area contributed by atoms with Crippen LogP contribution in [-0.2, 0) is 14.4 Å². The SMILES string of the molecule is CC(=O)C1C(=O)N(CC2CC2)C(=O)N(c2cccc(I)c2)C1=O. The van der Waals surface area contributed by atoms with Gasteiger partial charge in [-0.1, -0.05) is 6.07 Å². The molecule has 6 nitrogen and oxygen atoms in total. The fraction of sp³-hybridized carbons (Fsp3) is 0.375. The average molecular weight is 426 g/mol. The minimum atomic E-state index is -1.43. The number of benzene rings is 1. The summed E-state index contributed by atoms with van der Waals surface area (Å²) in [5, 5.41) is 0. The van der Waals surface area contributed by atoms with Crippen molar-refractivity contribution >= 4 is 51.9 Å². The first-order chi connectivity index (χ1) is 10.9. The lowest BCUT2D eigenvalue weighted by Gasteiger charge is -2.36. The lowest BCUT2D eigenvalue weighted by atomic mass is 9.98. The molecule has 3 rings (SSSR count). The first-order valence-corrected chi connectivity index (χ1v) is 8.43. The van der Waals surface area contributed by atoms with Crippen molar-refractivity contribution in [3.05, 3.63) is 27.8 Å². The number of urea groups is 1. The summed E-state index contributed by atoms with van der Waals surface area (Å²) in [6, 6.07) is 6.20. The maximum absolute atomic E-state index is 12.7. The van der Waals surface area contributed by atoms with E-state index in [1.807, 2.05) is 6.07 Å². The van der Waals surface area contributed by atoms with Crippen LogP contribution in [0.3, 0.4) is 0 Å². The topological polar surface area (TPSA) is 74.8 Å². The molecule has 0 aromatic heterocycles. The molecule has 0 N–H and O–H groups in total. The van der Waals surface area contributed by atoms with E-state index in [1.54, 1.807) is 18.2 Å². The van der Waals surface area contributed by atoms with Gasteiger partial charge in [0.2, 0.25) is 0 Å². The van der Waals surface area contributed by atoms with Gasteiger partial charge in [-0.2, -0.15) is 0 Å². The number of imide groups is 2. The van der Waals surface area contributed by atoms with Crippen molar-refractivity contribution in [3.63, 3.8) is 0 Å². The Bertz CT molecular complexity index is 714. The van der Waals surface area contributed by atoms with Crippen LogP contribution >= 0.6 is 22.6 Å². The molecule has 1 atom stereocenters. The number of carbonyl (C=O) groups is 4. The summed E-state index contributed by atoms with van der Waals surface area (Å²) in [6.07, 6.45) is 1.91. The molecule has 1 heterocycles. The summed E-state index contributed by atoms with van der Waals surface area (Å²) in [4.78, 5) is 51.5. The van der Waals surface area contributed by atoms with Crippen LogP contribution in [0.1, 0.15) is 19.8 Å². The number of carbonyl (C=O) groups excluding carboxylic acids is 4. The molecule has 2 fully saturated rings. The third-order valence-corrected chi connectivity index (χ3v) is 4.68. The quantitative estimate of drug-likeness (QED) is 0.547. The van der Waals surface area contributed by atoms with Crippen molar-refractivity contribution in [2.75, 3.05) is 11.4 Å². The molecule has 2 aliphatic rings.